The molecule has 0 spiro atoms. The quantitative estimate of drug-likeness (QED) is 0.324. The summed E-state index contributed by atoms with van der Waals surface area (Å²) in [6, 6.07) is 7.20. The first-order valence-electron chi connectivity index (χ1n) is 11.2. The summed E-state index contributed by atoms with van der Waals surface area (Å²) in [7, 11) is 0. The molecule has 0 saturated carbocycles. The molecule has 194 valence electrons. The van der Waals surface area contributed by atoms with Crippen molar-refractivity contribution in [3.63, 3.8) is 0 Å². The average molecular weight is 520 g/mol. The molecule has 13 heteroatoms. The first-order chi connectivity index (χ1) is 17.5. The van der Waals surface area contributed by atoms with Crippen LogP contribution in [-0.4, -0.2) is 30.8 Å². The highest BCUT2D eigenvalue weighted by Gasteiger charge is 2.37. The lowest BCUT2D eigenvalue weighted by atomic mass is 10.1. The van der Waals surface area contributed by atoms with Crippen molar-refractivity contribution >= 4 is 16.5 Å². The molecule has 0 aliphatic rings. The number of hydrogen-bond acceptors (Lipinski definition) is 6. The number of anilines is 1. The Morgan fingerprint density at radius 1 is 1.14 bits per heavy atom. The number of pyridine rings is 1. The van der Waals surface area contributed by atoms with Crippen LogP contribution < -0.4 is 16.4 Å². The van der Waals surface area contributed by atoms with Gasteiger partial charge < -0.3 is 9.88 Å². The Morgan fingerprint density at radius 2 is 1.92 bits per heavy atom. The van der Waals surface area contributed by atoms with Crippen LogP contribution in [0.15, 0.2) is 58.5 Å². The minimum absolute atomic E-state index is 0.120. The van der Waals surface area contributed by atoms with Crippen molar-refractivity contribution in [1.29, 1.82) is 0 Å². The van der Waals surface area contributed by atoms with E-state index in [2.05, 4.69) is 20.4 Å². The molecule has 0 fully saturated rings. The number of aryl methyl sites for hydroxylation is 1. The first kappa shape index (κ1) is 25.9. The molecule has 0 amide bonds. The summed E-state index contributed by atoms with van der Waals surface area (Å²) in [6.45, 7) is 1.97. The Labute approximate surface area is 206 Å². The Morgan fingerprint density at radius 3 is 2.65 bits per heavy atom. The van der Waals surface area contributed by atoms with Crippen LogP contribution in [0.25, 0.3) is 22.2 Å². The van der Waals surface area contributed by atoms with Gasteiger partial charge in [-0.25, -0.2) is 23.8 Å². The molecule has 0 aliphatic carbocycles. The van der Waals surface area contributed by atoms with Crippen LogP contribution in [0.2, 0.25) is 0 Å². The number of hydrogen-bond donors (Lipinski definition) is 2. The molecule has 0 radical (unpaired) electrons. The molecule has 3 aromatic heterocycles. The lowest BCUT2D eigenvalue weighted by molar-refractivity contribution is -0.138. The number of nitrogens with zero attached hydrogens (tertiary/aromatic N) is 4. The number of fused-ring (bicyclic) bond motifs is 1. The van der Waals surface area contributed by atoms with Gasteiger partial charge >= 0.3 is 6.18 Å². The predicted octanol–water partition coefficient (Wildman–Crippen LogP) is 4.78. The highest BCUT2D eigenvalue weighted by atomic mass is 19.4. The molecule has 1 aromatic carbocycles. The number of rotatable bonds is 8. The van der Waals surface area contributed by atoms with Crippen LogP contribution in [0.3, 0.4) is 0 Å². The van der Waals surface area contributed by atoms with Gasteiger partial charge in [-0.05, 0) is 49.4 Å². The third-order valence-electron chi connectivity index (χ3n) is 5.71. The number of alkyl halides is 5. The van der Waals surface area contributed by atoms with Crippen LogP contribution in [0.4, 0.5) is 27.6 Å². The minimum atomic E-state index is -4.84. The standard InChI is InChI=1S/C24H21F5N6O2/c1-13(32-18-12-31-34-22(36)19(18)24(27,28)29)3-2-9-35-10-7-14-11-15(4-5-16(14)23(35)37)21-30-8-6-17(33-21)20(25)26/h4-8,10-13,20H,2-3,9H2,1H3,(H2,32,34,36)/t13-/m0/s1. The summed E-state index contributed by atoms with van der Waals surface area (Å²) in [4.78, 5) is 32.4. The summed E-state index contributed by atoms with van der Waals surface area (Å²) in [5, 5.41) is 8.88. The molecular weight excluding hydrogens is 499 g/mol. The third-order valence-corrected chi connectivity index (χ3v) is 5.71. The zero-order valence-corrected chi connectivity index (χ0v) is 19.4. The summed E-state index contributed by atoms with van der Waals surface area (Å²) in [5.41, 5.74) is -3.26. The predicted molar refractivity (Wildman–Crippen MR) is 126 cm³/mol. The molecule has 1 atom stereocenters. The molecule has 0 bridgehead atoms. The van der Waals surface area contributed by atoms with E-state index >= 15 is 0 Å². The van der Waals surface area contributed by atoms with Gasteiger partial charge in [0.15, 0.2) is 5.82 Å². The van der Waals surface area contributed by atoms with Crippen LogP contribution in [0.5, 0.6) is 0 Å². The van der Waals surface area contributed by atoms with Gasteiger partial charge in [-0.15, -0.1) is 0 Å². The van der Waals surface area contributed by atoms with Crippen LogP contribution >= 0.6 is 0 Å². The number of benzene rings is 1. The fourth-order valence-electron chi connectivity index (χ4n) is 3.93. The van der Waals surface area contributed by atoms with Gasteiger partial charge in [0.1, 0.15) is 11.3 Å². The highest BCUT2D eigenvalue weighted by Crippen LogP contribution is 2.32. The van der Waals surface area contributed by atoms with E-state index in [1.54, 1.807) is 42.5 Å². The maximum atomic E-state index is 13.2. The molecule has 4 aromatic rings. The van der Waals surface area contributed by atoms with Crippen molar-refractivity contribution in [2.45, 2.75) is 45.0 Å². The van der Waals surface area contributed by atoms with Crippen molar-refractivity contribution in [3.05, 3.63) is 80.9 Å². The van der Waals surface area contributed by atoms with Crippen molar-refractivity contribution in [1.82, 2.24) is 24.7 Å². The Hall–Kier alpha value is -4.16. The van der Waals surface area contributed by atoms with Crippen LogP contribution in [0.1, 0.15) is 37.4 Å². The van der Waals surface area contributed by atoms with Gasteiger partial charge in [0.2, 0.25) is 0 Å². The lowest BCUT2D eigenvalue weighted by Crippen LogP contribution is -2.27. The van der Waals surface area contributed by atoms with E-state index in [-0.39, 0.29) is 11.4 Å². The highest BCUT2D eigenvalue weighted by molar-refractivity contribution is 5.85. The van der Waals surface area contributed by atoms with Crippen molar-refractivity contribution in [2.24, 2.45) is 0 Å². The first-order valence-corrected chi connectivity index (χ1v) is 11.2. The molecule has 2 N–H and O–H groups in total. The molecule has 37 heavy (non-hydrogen) atoms. The monoisotopic (exact) mass is 520 g/mol. The zero-order valence-electron chi connectivity index (χ0n) is 19.4. The molecule has 0 unspecified atom stereocenters. The Balaban J connectivity index is 1.45. The number of H-pyrrole nitrogens is 1. The van der Waals surface area contributed by atoms with Gasteiger partial charge in [-0.2, -0.15) is 18.3 Å². The summed E-state index contributed by atoms with van der Waals surface area (Å²) < 4.78 is 67.0. The molecular formula is C24H21F5N6O2. The number of aromatic nitrogens is 5. The van der Waals surface area contributed by atoms with Crippen molar-refractivity contribution in [3.8, 4) is 11.4 Å². The molecule has 4 rings (SSSR count). The van der Waals surface area contributed by atoms with Gasteiger partial charge in [0.25, 0.3) is 17.5 Å². The second kappa shape index (κ2) is 10.4. The van der Waals surface area contributed by atoms with E-state index in [1.165, 1.54) is 10.8 Å². The second-order valence-corrected chi connectivity index (χ2v) is 8.40. The fourth-order valence-corrected chi connectivity index (χ4v) is 3.93. The van der Waals surface area contributed by atoms with Crippen LogP contribution in [0, 0.1) is 0 Å². The topological polar surface area (TPSA) is 106 Å². The van der Waals surface area contributed by atoms with E-state index in [0.717, 1.165) is 12.3 Å². The van der Waals surface area contributed by atoms with Gasteiger partial charge in [0, 0.05) is 35.9 Å². The van der Waals surface area contributed by atoms with E-state index in [0.29, 0.717) is 35.7 Å². The molecule has 3 heterocycles. The van der Waals surface area contributed by atoms with Crippen LogP contribution in [-0.2, 0) is 12.7 Å². The third kappa shape index (κ3) is 5.81. The van der Waals surface area contributed by atoms with Crippen molar-refractivity contribution < 1.29 is 22.0 Å². The van der Waals surface area contributed by atoms with Crippen molar-refractivity contribution in [2.75, 3.05) is 5.32 Å². The van der Waals surface area contributed by atoms with E-state index in [1.807, 2.05) is 0 Å². The summed E-state index contributed by atoms with van der Waals surface area (Å²) >= 11 is 0. The Bertz CT molecular complexity index is 1530. The zero-order chi connectivity index (χ0) is 26.7. The number of aromatic amines is 1. The van der Waals surface area contributed by atoms with E-state index in [4.69, 9.17) is 0 Å². The van der Waals surface area contributed by atoms with E-state index in [9.17, 15) is 31.5 Å². The SMILES string of the molecule is C[C@@H](CCCn1ccc2cc(-c3nccc(C(F)F)n3)ccc2c1=O)Nc1cn[nH]c(=O)c1C(F)(F)F. The minimum Gasteiger partial charge on any atom is -0.381 e. The number of halogens is 5. The smallest absolute Gasteiger partial charge is 0.381 e. The molecule has 0 saturated heterocycles. The van der Waals surface area contributed by atoms with E-state index < -0.39 is 41.1 Å². The average Bonchev–Trinajstić information content (AvgIpc) is 2.84. The maximum Gasteiger partial charge on any atom is 0.423 e. The molecule has 0 aliphatic heterocycles. The summed E-state index contributed by atoms with van der Waals surface area (Å²) in [6.07, 6.45) is -2.95. The van der Waals surface area contributed by atoms with Gasteiger partial charge in [-0.3, -0.25) is 9.59 Å². The van der Waals surface area contributed by atoms with Gasteiger partial charge in [0.05, 0.1) is 11.9 Å². The summed E-state index contributed by atoms with van der Waals surface area (Å²) in [5.74, 6) is 0.120. The normalized spacial score (nSPS) is 12.7. The number of nitrogens with one attached hydrogen (secondary N) is 2. The van der Waals surface area contributed by atoms with Gasteiger partial charge in [-0.1, -0.05) is 6.07 Å². The second-order valence-electron chi connectivity index (χ2n) is 8.40. The Kier molecular flexibility index (Phi) is 7.32. The largest absolute Gasteiger partial charge is 0.423 e. The fraction of sp³-hybridized carbons (Fsp3) is 0.292. The maximum absolute atomic E-state index is 13.2. The molecule has 8 nitrogen and oxygen atoms in total. The lowest BCUT2D eigenvalue weighted by Gasteiger charge is -2.18.